The lowest BCUT2D eigenvalue weighted by atomic mass is 10.2. The van der Waals surface area contributed by atoms with E-state index in [0.717, 1.165) is 16.7 Å². The number of rotatable bonds is 3. The van der Waals surface area contributed by atoms with E-state index >= 15 is 0 Å². The van der Waals surface area contributed by atoms with Gasteiger partial charge in [0.25, 0.3) is 11.1 Å². The van der Waals surface area contributed by atoms with Gasteiger partial charge < -0.3 is 9.84 Å². The molecule has 7 heteroatoms. The van der Waals surface area contributed by atoms with Crippen LogP contribution < -0.4 is 9.64 Å². The number of imide groups is 1. The minimum atomic E-state index is -0.390. The van der Waals surface area contributed by atoms with E-state index < -0.39 is 5.91 Å². The number of anilines is 1. The number of phenolic OH excluding ortho intramolecular Hbond substituents is 1. The van der Waals surface area contributed by atoms with Gasteiger partial charge in [0.1, 0.15) is 0 Å². The summed E-state index contributed by atoms with van der Waals surface area (Å²) in [5.41, 5.74) is 1.10. The molecule has 122 valence electrons. The average Bonchev–Trinajstić information content (AvgIpc) is 2.87. The maximum atomic E-state index is 12.6. The molecule has 0 aromatic heterocycles. The molecule has 1 heterocycles. The molecular weight excluding hydrogens is 394 g/mol. The molecule has 0 saturated carbocycles. The summed E-state index contributed by atoms with van der Waals surface area (Å²) < 4.78 is 5.43. The van der Waals surface area contributed by atoms with E-state index in [2.05, 4.69) is 15.9 Å². The third kappa shape index (κ3) is 2.92. The number of amides is 2. The van der Waals surface area contributed by atoms with E-state index in [1.165, 1.54) is 7.11 Å². The lowest BCUT2D eigenvalue weighted by molar-refractivity contribution is -0.113. The number of benzene rings is 2. The Morgan fingerprint density at radius 3 is 2.54 bits per heavy atom. The van der Waals surface area contributed by atoms with Crippen molar-refractivity contribution in [3.8, 4) is 11.5 Å². The summed E-state index contributed by atoms with van der Waals surface area (Å²) >= 11 is 4.14. The van der Waals surface area contributed by atoms with Crippen LogP contribution in [0.25, 0.3) is 6.08 Å². The summed E-state index contributed by atoms with van der Waals surface area (Å²) in [5, 5.41) is 9.67. The van der Waals surface area contributed by atoms with Crippen LogP contribution in [0.3, 0.4) is 0 Å². The molecule has 1 aliphatic rings. The summed E-state index contributed by atoms with van der Waals surface area (Å²) in [6.45, 7) is 0. The highest BCUT2D eigenvalue weighted by Crippen LogP contribution is 2.40. The van der Waals surface area contributed by atoms with Crippen LogP contribution in [0, 0.1) is 0 Å². The van der Waals surface area contributed by atoms with Crippen molar-refractivity contribution in [2.45, 2.75) is 0 Å². The normalized spacial score (nSPS) is 16.1. The molecule has 0 aliphatic carbocycles. The summed E-state index contributed by atoms with van der Waals surface area (Å²) in [6.07, 6.45) is 1.57. The van der Waals surface area contributed by atoms with E-state index in [4.69, 9.17) is 4.74 Å². The van der Waals surface area contributed by atoms with Crippen molar-refractivity contribution in [3.63, 3.8) is 0 Å². The third-order valence-corrected chi connectivity index (χ3v) is 5.13. The molecule has 24 heavy (non-hydrogen) atoms. The van der Waals surface area contributed by atoms with Gasteiger partial charge in [0.05, 0.1) is 22.2 Å². The zero-order chi connectivity index (χ0) is 17.3. The van der Waals surface area contributed by atoms with E-state index in [0.29, 0.717) is 21.5 Å². The van der Waals surface area contributed by atoms with Gasteiger partial charge >= 0.3 is 0 Å². The first-order chi connectivity index (χ1) is 11.5. The fourth-order valence-electron chi connectivity index (χ4n) is 2.25. The van der Waals surface area contributed by atoms with Crippen molar-refractivity contribution in [3.05, 3.63) is 57.4 Å². The fourth-order valence-corrected chi connectivity index (χ4v) is 3.52. The molecule has 5 nitrogen and oxygen atoms in total. The predicted octanol–water partition coefficient (Wildman–Crippen LogP) is 4.40. The second-order valence-electron chi connectivity index (χ2n) is 4.87. The molecule has 2 amide bonds. The molecule has 0 radical (unpaired) electrons. The van der Waals surface area contributed by atoms with Crippen LogP contribution in [0.2, 0.25) is 0 Å². The van der Waals surface area contributed by atoms with Crippen LogP contribution >= 0.6 is 27.7 Å². The van der Waals surface area contributed by atoms with Gasteiger partial charge in [-0.3, -0.25) is 9.59 Å². The van der Waals surface area contributed by atoms with Gasteiger partial charge in [0.15, 0.2) is 11.5 Å². The molecule has 2 aromatic carbocycles. The molecule has 1 fully saturated rings. The Balaban J connectivity index is 1.97. The Kier molecular flexibility index (Phi) is 4.64. The number of carbonyl (C=O) groups excluding carboxylic acids is 2. The summed E-state index contributed by atoms with van der Waals surface area (Å²) in [7, 11) is 1.45. The van der Waals surface area contributed by atoms with Gasteiger partial charge in [-0.05, 0) is 63.6 Å². The Labute approximate surface area is 151 Å². The maximum absolute atomic E-state index is 12.6. The molecule has 0 atom stereocenters. The Hall–Kier alpha value is -2.25. The van der Waals surface area contributed by atoms with E-state index in [1.54, 1.807) is 42.5 Å². The predicted molar refractivity (Wildman–Crippen MR) is 97.3 cm³/mol. The summed E-state index contributed by atoms with van der Waals surface area (Å²) in [5.74, 6) is -0.136. The average molecular weight is 406 g/mol. The number of nitrogens with zero attached hydrogens (tertiary/aromatic N) is 1. The molecule has 0 bridgehead atoms. The van der Waals surface area contributed by atoms with Crippen molar-refractivity contribution in [2.24, 2.45) is 0 Å². The SMILES string of the molecule is COc1ccc(/C=C2\SC(=O)N(c3ccccc3)C2=O)c(Br)c1O. The van der Waals surface area contributed by atoms with Crippen molar-refractivity contribution < 1.29 is 19.4 Å². The number of methoxy groups -OCH3 is 1. The van der Waals surface area contributed by atoms with Crippen LogP contribution in [0.4, 0.5) is 10.5 Å². The first kappa shape index (κ1) is 16.6. The molecule has 1 N–H and O–H groups in total. The number of ether oxygens (including phenoxy) is 1. The molecule has 1 aliphatic heterocycles. The standard InChI is InChI=1S/C17H12BrNO4S/c1-23-12-8-7-10(14(18)15(12)20)9-13-16(21)19(17(22)24-13)11-5-3-2-4-6-11/h2-9,20H,1H3/b13-9-. The topological polar surface area (TPSA) is 66.8 Å². The van der Waals surface area contributed by atoms with Crippen LogP contribution in [-0.2, 0) is 4.79 Å². The highest BCUT2D eigenvalue weighted by molar-refractivity contribution is 9.10. The highest BCUT2D eigenvalue weighted by atomic mass is 79.9. The summed E-state index contributed by atoms with van der Waals surface area (Å²) in [6, 6.07) is 12.0. The molecule has 1 saturated heterocycles. The molecule has 2 aromatic rings. The van der Waals surface area contributed by atoms with Gasteiger partial charge in [0, 0.05) is 0 Å². The second kappa shape index (κ2) is 6.70. The van der Waals surface area contributed by atoms with E-state index in [1.807, 2.05) is 6.07 Å². The molecular formula is C17H12BrNO4S. The largest absolute Gasteiger partial charge is 0.503 e. The number of carbonyl (C=O) groups is 2. The molecule has 0 spiro atoms. The molecule has 0 unspecified atom stereocenters. The van der Waals surface area contributed by atoms with Crippen molar-refractivity contribution in [2.75, 3.05) is 12.0 Å². The zero-order valence-corrected chi connectivity index (χ0v) is 14.9. The Morgan fingerprint density at radius 2 is 1.88 bits per heavy atom. The Bertz CT molecular complexity index is 851. The first-order valence-electron chi connectivity index (χ1n) is 6.91. The minimum Gasteiger partial charge on any atom is -0.503 e. The monoisotopic (exact) mass is 405 g/mol. The van der Waals surface area contributed by atoms with Gasteiger partial charge in [-0.15, -0.1) is 0 Å². The number of para-hydroxylation sites is 1. The van der Waals surface area contributed by atoms with E-state index in [-0.39, 0.29) is 15.9 Å². The number of hydrogen-bond donors (Lipinski definition) is 1. The minimum absolute atomic E-state index is 0.0615. The van der Waals surface area contributed by atoms with Gasteiger partial charge in [0.2, 0.25) is 0 Å². The van der Waals surface area contributed by atoms with Crippen molar-refractivity contribution in [1.29, 1.82) is 0 Å². The van der Waals surface area contributed by atoms with Crippen LogP contribution in [0.5, 0.6) is 11.5 Å². The smallest absolute Gasteiger partial charge is 0.298 e. The van der Waals surface area contributed by atoms with Gasteiger partial charge in [-0.1, -0.05) is 18.2 Å². The van der Waals surface area contributed by atoms with Crippen molar-refractivity contribution >= 4 is 50.6 Å². The maximum Gasteiger partial charge on any atom is 0.298 e. The highest BCUT2D eigenvalue weighted by Gasteiger charge is 2.36. The Morgan fingerprint density at radius 1 is 1.17 bits per heavy atom. The quantitative estimate of drug-likeness (QED) is 0.766. The number of phenols is 1. The lowest BCUT2D eigenvalue weighted by Crippen LogP contribution is -2.27. The molecule has 3 rings (SSSR count). The number of thioether (sulfide) groups is 1. The van der Waals surface area contributed by atoms with Gasteiger partial charge in [-0.25, -0.2) is 4.90 Å². The summed E-state index contributed by atoms with van der Waals surface area (Å²) in [4.78, 5) is 26.2. The fraction of sp³-hybridized carbons (Fsp3) is 0.0588. The lowest BCUT2D eigenvalue weighted by Gasteiger charge is -2.11. The third-order valence-electron chi connectivity index (χ3n) is 3.42. The zero-order valence-electron chi connectivity index (χ0n) is 12.5. The van der Waals surface area contributed by atoms with E-state index in [9.17, 15) is 14.7 Å². The number of hydrogen-bond acceptors (Lipinski definition) is 5. The second-order valence-corrected chi connectivity index (χ2v) is 6.66. The number of aromatic hydroxyl groups is 1. The van der Waals surface area contributed by atoms with Crippen LogP contribution in [-0.4, -0.2) is 23.4 Å². The van der Waals surface area contributed by atoms with Crippen molar-refractivity contribution in [1.82, 2.24) is 0 Å². The number of halogens is 1. The van der Waals surface area contributed by atoms with Crippen LogP contribution in [0.15, 0.2) is 51.8 Å². The first-order valence-corrected chi connectivity index (χ1v) is 8.52. The van der Waals surface area contributed by atoms with Gasteiger partial charge in [-0.2, -0.15) is 0 Å². The van der Waals surface area contributed by atoms with Crippen LogP contribution in [0.1, 0.15) is 5.56 Å².